The molecule has 0 aliphatic carbocycles. The topological polar surface area (TPSA) is 73.9 Å². The van der Waals surface area contributed by atoms with Crippen molar-refractivity contribution in [2.75, 3.05) is 19.0 Å². The van der Waals surface area contributed by atoms with Crippen molar-refractivity contribution in [3.8, 4) is 11.5 Å². The largest absolute Gasteiger partial charge is 0.497 e. The van der Waals surface area contributed by atoms with Gasteiger partial charge in [-0.3, -0.25) is 4.79 Å². The van der Waals surface area contributed by atoms with Gasteiger partial charge in [0, 0.05) is 11.8 Å². The maximum atomic E-state index is 12.2. The van der Waals surface area contributed by atoms with Crippen molar-refractivity contribution in [3.63, 3.8) is 0 Å². The molecule has 0 heterocycles. The highest BCUT2D eigenvalue weighted by Crippen LogP contribution is 2.17. The van der Waals surface area contributed by atoms with E-state index >= 15 is 0 Å². The molecule has 0 spiro atoms. The third-order valence-corrected chi connectivity index (χ3v) is 4.30. The first-order chi connectivity index (χ1) is 14.5. The summed E-state index contributed by atoms with van der Waals surface area (Å²) in [6.45, 7) is 2.05. The van der Waals surface area contributed by atoms with Gasteiger partial charge in [-0.2, -0.15) is 0 Å². The molecule has 3 aromatic carbocycles. The zero-order valence-corrected chi connectivity index (χ0v) is 16.9. The SMILES string of the molecule is COc1cccc(NC(=O)COc2ccc(C(=O)OCc3ccc(C)cc3)cc2)c1. The molecule has 30 heavy (non-hydrogen) atoms. The van der Waals surface area contributed by atoms with E-state index in [2.05, 4.69) is 5.32 Å². The van der Waals surface area contributed by atoms with Crippen LogP contribution in [0.3, 0.4) is 0 Å². The number of aryl methyl sites for hydroxylation is 1. The van der Waals surface area contributed by atoms with Gasteiger partial charge in [-0.25, -0.2) is 4.79 Å². The van der Waals surface area contributed by atoms with Crippen LogP contribution in [-0.4, -0.2) is 25.6 Å². The van der Waals surface area contributed by atoms with Crippen LogP contribution in [0.1, 0.15) is 21.5 Å². The predicted octanol–water partition coefficient (Wildman–Crippen LogP) is 4.38. The molecule has 6 heteroatoms. The molecule has 0 bridgehead atoms. The Hall–Kier alpha value is -3.80. The maximum absolute atomic E-state index is 12.2. The van der Waals surface area contributed by atoms with Gasteiger partial charge in [0.2, 0.25) is 0 Å². The molecular formula is C24H23NO5. The predicted molar refractivity (Wildman–Crippen MR) is 114 cm³/mol. The highest BCUT2D eigenvalue weighted by molar-refractivity contribution is 5.92. The Kier molecular flexibility index (Phi) is 7.05. The van der Waals surface area contributed by atoms with E-state index in [0.29, 0.717) is 22.7 Å². The molecule has 1 amide bonds. The summed E-state index contributed by atoms with van der Waals surface area (Å²) in [7, 11) is 1.56. The first kappa shape index (κ1) is 20.9. The van der Waals surface area contributed by atoms with Crippen LogP contribution in [0.5, 0.6) is 11.5 Å². The summed E-state index contributed by atoms with van der Waals surface area (Å²) in [5, 5.41) is 2.73. The summed E-state index contributed by atoms with van der Waals surface area (Å²) in [5.41, 5.74) is 3.11. The number of rotatable bonds is 8. The lowest BCUT2D eigenvalue weighted by atomic mass is 10.2. The average molecular weight is 405 g/mol. The minimum absolute atomic E-state index is 0.158. The van der Waals surface area contributed by atoms with Gasteiger partial charge in [0.15, 0.2) is 6.61 Å². The Morgan fingerprint density at radius 1 is 0.900 bits per heavy atom. The van der Waals surface area contributed by atoms with E-state index in [0.717, 1.165) is 11.1 Å². The molecule has 6 nitrogen and oxygen atoms in total. The van der Waals surface area contributed by atoms with E-state index < -0.39 is 5.97 Å². The van der Waals surface area contributed by atoms with Gasteiger partial charge in [-0.1, -0.05) is 35.9 Å². The number of esters is 1. The van der Waals surface area contributed by atoms with Crippen LogP contribution < -0.4 is 14.8 Å². The van der Waals surface area contributed by atoms with Crippen LogP contribution in [0.4, 0.5) is 5.69 Å². The van der Waals surface area contributed by atoms with E-state index in [1.165, 1.54) is 0 Å². The zero-order valence-electron chi connectivity index (χ0n) is 16.9. The zero-order chi connectivity index (χ0) is 21.3. The Morgan fingerprint density at radius 2 is 1.63 bits per heavy atom. The van der Waals surface area contributed by atoms with Crippen LogP contribution in [-0.2, 0) is 16.1 Å². The summed E-state index contributed by atoms with van der Waals surface area (Å²) in [5.74, 6) is 0.409. The first-order valence-corrected chi connectivity index (χ1v) is 9.43. The van der Waals surface area contributed by atoms with Crippen molar-refractivity contribution in [1.29, 1.82) is 0 Å². The molecule has 0 aliphatic rings. The summed E-state index contributed by atoms with van der Waals surface area (Å²) >= 11 is 0. The standard InChI is InChI=1S/C24H23NO5/c1-17-6-8-18(9-7-17)15-30-24(27)19-10-12-21(13-11-19)29-16-23(26)25-20-4-3-5-22(14-20)28-2/h3-14H,15-16H2,1-2H3,(H,25,26). The lowest BCUT2D eigenvalue weighted by Crippen LogP contribution is -2.20. The molecule has 0 saturated carbocycles. The normalized spacial score (nSPS) is 10.2. The Morgan fingerprint density at radius 3 is 2.33 bits per heavy atom. The lowest BCUT2D eigenvalue weighted by molar-refractivity contribution is -0.118. The molecule has 3 aromatic rings. The molecule has 1 N–H and O–H groups in total. The van der Waals surface area contributed by atoms with E-state index in [1.807, 2.05) is 31.2 Å². The van der Waals surface area contributed by atoms with E-state index in [4.69, 9.17) is 14.2 Å². The fraction of sp³-hybridized carbons (Fsp3) is 0.167. The van der Waals surface area contributed by atoms with Gasteiger partial charge < -0.3 is 19.5 Å². The number of carbonyl (C=O) groups excluding carboxylic acids is 2. The summed E-state index contributed by atoms with van der Waals surface area (Å²) in [6, 6.07) is 21.3. The molecule has 0 fully saturated rings. The fourth-order valence-corrected chi connectivity index (χ4v) is 2.65. The second kappa shape index (κ2) is 10.1. The van der Waals surface area contributed by atoms with Crippen molar-refractivity contribution in [3.05, 3.63) is 89.5 Å². The van der Waals surface area contributed by atoms with E-state index in [9.17, 15) is 9.59 Å². The van der Waals surface area contributed by atoms with Gasteiger partial charge >= 0.3 is 5.97 Å². The first-order valence-electron chi connectivity index (χ1n) is 9.43. The second-order valence-electron chi connectivity index (χ2n) is 6.65. The molecule has 0 unspecified atom stereocenters. The van der Waals surface area contributed by atoms with Gasteiger partial charge in [-0.05, 0) is 48.9 Å². The van der Waals surface area contributed by atoms with Crippen molar-refractivity contribution in [2.45, 2.75) is 13.5 Å². The fourth-order valence-electron chi connectivity index (χ4n) is 2.65. The minimum Gasteiger partial charge on any atom is -0.497 e. The van der Waals surface area contributed by atoms with E-state index in [1.54, 1.807) is 55.6 Å². The van der Waals surface area contributed by atoms with Crippen LogP contribution in [0.15, 0.2) is 72.8 Å². The monoisotopic (exact) mass is 405 g/mol. The van der Waals surface area contributed by atoms with Crippen LogP contribution in [0.2, 0.25) is 0 Å². The number of nitrogens with one attached hydrogen (secondary N) is 1. The van der Waals surface area contributed by atoms with Crippen molar-refractivity contribution in [1.82, 2.24) is 0 Å². The number of anilines is 1. The number of benzene rings is 3. The third-order valence-electron chi connectivity index (χ3n) is 4.30. The number of amides is 1. The highest BCUT2D eigenvalue weighted by atomic mass is 16.5. The van der Waals surface area contributed by atoms with Crippen LogP contribution >= 0.6 is 0 Å². The third kappa shape index (κ3) is 6.10. The number of hydrogen-bond acceptors (Lipinski definition) is 5. The molecule has 3 rings (SSSR count). The van der Waals surface area contributed by atoms with Gasteiger partial charge in [0.1, 0.15) is 18.1 Å². The molecule has 0 atom stereocenters. The van der Waals surface area contributed by atoms with E-state index in [-0.39, 0.29) is 19.1 Å². The quantitative estimate of drug-likeness (QED) is 0.563. The van der Waals surface area contributed by atoms with Crippen LogP contribution in [0.25, 0.3) is 0 Å². The molecule has 0 aromatic heterocycles. The summed E-state index contributed by atoms with van der Waals surface area (Å²) < 4.78 is 15.9. The molecule has 0 radical (unpaired) electrons. The Bertz CT molecular complexity index is 997. The summed E-state index contributed by atoms with van der Waals surface area (Å²) in [6.07, 6.45) is 0. The Labute approximate surface area is 175 Å². The average Bonchev–Trinajstić information content (AvgIpc) is 2.77. The highest BCUT2D eigenvalue weighted by Gasteiger charge is 2.09. The number of hydrogen-bond donors (Lipinski definition) is 1. The molecule has 0 saturated heterocycles. The van der Waals surface area contributed by atoms with Crippen molar-refractivity contribution in [2.24, 2.45) is 0 Å². The Balaban J connectivity index is 1.47. The molecule has 154 valence electrons. The number of methoxy groups -OCH3 is 1. The van der Waals surface area contributed by atoms with Crippen molar-refractivity contribution < 1.29 is 23.8 Å². The molecule has 0 aliphatic heterocycles. The van der Waals surface area contributed by atoms with Gasteiger partial charge in [0.05, 0.1) is 12.7 Å². The van der Waals surface area contributed by atoms with Gasteiger partial charge in [-0.15, -0.1) is 0 Å². The second-order valence-corrected chi connectivity index (χ2v) is 6.65. The number of carbonyl (C=O) groups is 2. The van der Waals surface area contributed by atoms with Crippen molar-refractivity contribution >= 4 is 17.6 Å². The maximum Gasteiger partial charge on any atom is 0.338 e. The van der Waals surface area contributed by atoms with Gasteiger partial charge in [0.25, 0.3) is 5.91 Å². The summed E-state index contributed by atoms with van der Waals surface area (Å²) in [4.78, 5) is 24.2. The smallest absolute Gasteiger partial charge is 0.338 e. The minimum atomic E-state index is -0.419. The molecular weight excluding hydrogens is 382 g/mol. The van der Waals surface area contributed by atoms with Crippen LogP contribution in [0, 0.1) is 6.92 Å². The lowest BCUT2D eigenvalue weighted by Gasteiger charge is -2.09. The number of ether oxygens (including phenoxy) is 3.